The third-order valence-corrected chi connectivity index (χ3v) is 2.60. The Bertz CT molecular complexity index is 147. The monoisotopic (exact) mass is 187 g/mol. The molecule has 13 heavy (non-hydrogen) atoms. The standard InChI is InChI=1S/C10H21NO2/c1-10(2,12)4-5-11-8-6-9(7-8)13-3/h8-9,11-12H,4-7H2,1-3H3. The third-order valence-electron chi connectivity index (χ3n) is 2.60. The van der Waals surface area contributed by atoms with Crippen molar-refractivity contribution in [3.63, 3.8) is 0 Å². The van der Waals surface area contributed by atoms with Crippen LogP contribution in [0.4, 0.5) is 0 Å². The Morgan fingerprint density at radius 2 is 2.08 bits per heavy atom. The molecule has 1 saturated carbocycles. The lowest BCUT2D eigenvalue weighted by Gasteiger charge is -2.35. The van der Waals surface area contributed by atoms with E-state index in [0.717, 1.165) is 25.8 Å². The second-order valence-corrected chi connectivity index (χ2v) is 4.54. The summed E-state index contributed by atoms with van der Waals surface area (Å²) in [6, 6.07) is 0.604. The van der Waals surface area contributed by atoms with Crippen LogP contribution in [-0.2, 0) is 4.74 Å². The summed E-state index contributed by atoms with van der Waals surface area (Å²) in [7, 11) is 1.76. The Labute approximate surface area is 80.5 Å². The normalized spacial score (nSPS) is 28.6. The summed E-state index contributed by atoms with van der Waals surface area (Å²) >= 11 is 0. The van der Waals surface area contributed by atoms with E-state index in [9.17, 15) is 5.11 Å². The second-order valence-electron chi connectivity index (χ2n) is 4.54. The molecule has 1 aliphatic rings. The van der Waals surface area contributed by atoms with E-state index in [1.165, 1.54) is 0 Å². The van der Waals surface area contributed by atoms with Gasteiger partial charge < -0.3 is 15.2 Å². The molecular formula is C10H21NO2. The highest BCUT2D eigenvalue weighted by molar-refractivity contribution is 4.86. The molecule has 1 rings (SSSR count). The number of aliphatic hydroxyl groups is 1. The number of ether oxygens (including phenoxy) is 1. The van der Waals surface area contributed by atoms with Crippen molar-refractivity contribution >= 4 is 0 Å². The van der Waals surface area contributed by atoms with Gasteiger partial charge in [-0.3, -0.25) is 0 Å². The molecule has 0 bridgehead atoms. The SMILES string of the molecule is COC1CC(NCCC(C)(C)O)C1. The van der Waals surface area contributed by atoms with Gasteiger partial charge in [0.2, 0.25) is 0 Å². The summed E-state index contributed by atoms with van der Waals surface area (Å²) in [4.78, 5) is 0. The smallest absolute Gasteiger partial charge is 0.0603 e. The minimum absolute atomic E-state index is 0.458. The van der Waals surface area contributed by atoms with Crippen LogP contribution in [0.1, 0.15) is 33.1 Å². The van der Waals surface area contributed by atoms with Gasteiger partial charge >= 0.3 is 0 Å². The van der Waals surface area contributed by atoms with Crippen LogP contribution in [0.3, 0.4) is 0 Å². The lowest BCUT2D eigenvalue weighted by atomic mass is 9.89. The Morgan fingerprint density at radius 3 is 2.54 bits per heavy atom. The van der Waals surface area contributed by atoms with E-state index in [-0.39, 0.29) is 0 Å². The Morgan fingerprint density at radius 1 is 1.46 bits per heavy atom. The highest BCUT2D eigenvalue weighted by Gasteiger charge is 2.28. The van der Waals surface area contributed by atoms with E-state index in [2.05, 4.69) is 5.32 Å². The summed E-state index contributed by atoms with van der Waals surface area (Å²) in [5.74, 6) is 0. The van der Waals surface area contributed by atoms with Crippen LogP contribution >= 0.6 is 0 Å². The average molecular weight is 187 g/mol. The van der Waals surface area contributed by atoms with Gasteiger partial charge in [-0.25, -0.2) is 0 Å². The third kappa shape index (κ3) is 4.07. The van der Waals surface area contributed by atoms with E-state index >= 15 is 0 Å². The van der Waals surface area contributed by atoms with Crippen LogP contribution in [0.15, 0.2) is 0 Å². The molecule has 0 amide bonds. The lowest BCUT2D eigenvalue weighted by molar-refractivity contribution is 0.0141. The minimum Gasteiger partial charge on any atom is -0.390 e. The fourth-order valence-corrected chi connectivity index (χ4v) is 1.51. The van der Waals surface area contributed by atoms with Crippen LogP contribution in [0, 0.1) is 0 Å². The number of methoxy groups -OCH3 is 1. The molecule has 78 valence electrons. The molecule has 0 aromatic heterocycles. The number of rotatable bonds is 5. The van der Waals surface area contributed by atoms with E-state index in [1.807, 2.05) is 13.8 Å². The molecule has 2 N–H and O–H groups in total. The molecule has 1 fully saturated rings. The van der Waals surface area contributed by atoms with Crippen LogP contribution in [-0.4, -0.2) is 36.5 Å². The Balaban J connectivity index is 1.97. The maximum absolute atomic E-state index is 9.45. The zero-order valence-electron chi connectivity index (χ0n) is 8.84. The molecule has 0 spiro atoms. The quantitative estimate of drug-likeness (QED) is 0.672. The number of hydrogen-bond acceptors (Lipinski definition) is 3. The molecule has 3 nitrogen and oxygen atoms in total. The molecular weight excluding hydrogens is 166 g/mol. The molecule has 0 saturated heterocycles. The molecule has 1 aliphatic carbocycles. The van der Waals surface area contributed by atoms with Gasteiger partial charge in [0.15, 0.2) is 0 Å². The first-order valence-corrected chi connectivity index (χ1v) is 5.00. The summed E-state index contributed by atoms with van der Waals surface area (Å²) in [6.45, 7) is 4.57. The summed E-state index contributed by atoms with van der Waals surface area (Å²) in [5.41, 5.74) is -0.544. The van der Waals surface area contributed by atoms with E-state index in [4.69, 9.17) is 4.74 Å². The number of hydrogen-bond donors (Lipinski definition) is 2. The van der Waals surface area contributed by atoms with Crippen molar-refractivity contribution in [2.45, 2.75) is 50.9 Å². The zero-order valence-corrected chi connectivity index (χ0v) is 8.84. The summed E-state index contributed by atoms with van der Waals surface area (Å²) < 4.78 is 5.17. The molecule has 0 radical (unpaired) electrons. The van der Waals surface area contributed by atoms with Crippen molar-refractivity contribution in [1.29, 1.82) is 0 Å². The van der Waals surface area contributed by atoms with Crippen molar-refractivity contribution in [2.75, 3.05) is 13.7 Å². The molecule has 0 unspecified atom stereocenters. The lowest BCUT2D eigenvalue weighted by Crippen LogP contribution is -2.46. The van der Waals surface area contributed by atoms with Crippen molar-refractivity contribution in [1.82, 2.24) is 5.32 Å². The number of nitrogens with one attached hydrogen (secondary N) is 1. The fraction of sp³-hybridized carbons (Fsp3) is 1.00. The van der Waals surface area contributed by atoms with Gasteiger partial charge in [-0.1, -0.05) is 0 Å². The molecule has 0 atom stereocenters. The maximum Gasteiger partial charge on any atom is 0.0603 e. The molecule has 0 aromatic rings. The predicted octanol–water partition coefficient (Wildman–Crippen LogP) is 0.914. The second kappa shape index (κ2) is 4.40. The van der Waals surface area contributed by atoms with Crippen molar-refractivity contribution in [3.05, 3.63) is 0 Å². The fourth-order valence-electron chi connectivity index (χ4n) is 1.51. The van der Waals surface area contributed by atoms with Gasteiger partial charge in [0, 0.05) is 13.2 Å². The van der Waals surface area contributed by atoms with Gasteiger partial charge in [0.25, 0.3) is 0 Å². The molecule has 3 heteroatoms. The Kier molecular flexibility index (Phi) is 3.71. The molecule has 0 aromatic carbocycles. The van der Waals surface area contributed by atoms with E-state index < -0.39 is 5.60 Å². The predicted molar refractivity (Wildman–Crippen MR) is 52.7 cm³/mol. The average Bonchev–Trinajstić information content (AvgIpc) is 1.91. The van der Waals surface area contributed by atoms with Gasteiger partial charge in [-0.15, -0.1) is 0 Å². The summed E-state index contributed by atoms with van der Waals surface area (Å²) in [5, 5.41) is 12.9. The summed E-state index contributed by atoms with van der Waals surface area (Å²) in [6.07, 6.45) is 3.49. The molecule has 0 heterocycles. The van der Waals surface area contributed by atoms with E-state index in [0.29, 0.717) is 12.1 Å². The van der Waals surface area contributed by atoms with Gasteiger partial charge in [-0.05, 0) is 39.7 Å². The van der Waals surface area contributed by atoms with E-state index in [1.54, 1.807) is 7.11 Å². The van der Waals surface area contributed by atoms with Crippen molar-refractivity contribution < 1.29 is 9.84 Å². The van der Waals surface area contributed by atoms with Gasteiger partial charge in [0.05, 0.1) is 11.7 Å². The largest absolute Gasteiger partial charge is 0.390 e. The highest BCUT2D eigenvalue weighted by atomic mass is 16.5. The van der Waals surface area contributed by atoms with Crippen LogP contribution < -0.4 is 5.32 Å². The van der Waals surface area contributed by atoms with Crippen molar-refractivity contribution in [2.24, 2.45) is 0 Å². The first-order chi connectivity index (χ1) is 6.01. The first-order valence-electron chi connectivity index (χ1n) is 5.00. The van der Waals surface area contributed by atoms with Crippen LogP contribution in [0.5, 0.6) is 0 Å². The van der Waals surface area contributed by atoms with Crippen LogP contribution in [0.25, 0.3) is 0 Å². The topological polar surface area (TPSA) is 41.5 Å². The molecule has 0 aliphatic heterocycles. The first kappa shape index (κ1) is 11.0. The highest BCUT2D eigenvalue weighted by Crippen LogP contribution is 2.22. The zero-order chi connectivity index (χ0) is 9.90. The minimum atomic E-state index is -0.544. The van der Waals surface area contributed by atoms with Gasteiger partial charge in [0.1, 0.15) is 0 Å². The van der Waals surface area contributed by atoms with Crippen molar-refractivity contribution in [3.8, 4) is 0 Å². The van der Waals surface area contributed by atoms with Crippen LogP contribution in [0.2, 0.25) is 0 Å². The Hall–Kier alpha value is -0.120. The van der Waals surface area contributed by atoms with Gasteiger partial charge in [-0.2, -0.15) is 0 Å². The maximum atomic E-state index is 9.45.